The van der Waals surface area contributed by atoms with E-state index in [1.807, 2.05) is 0 Å². The zero-order valence-corrected chi connectivity index (χ0v) is 13.4. The molecular formula is C12H17Cl3N4O2. The van der Waals surface area contributed by atoms with E-state index >= 15 is 0 Å². The molecule has 0 aromatic heterocycles. The van der Waals surface area contributed by atoms with Crippen molar-refractivity contribution in [3.8, 4) is 0 Å². The Bertz CT molecular complexity index is 491. The van der Waals surface area contributed by atoms with Crippen LogP contribution in [0.25, 0.3) is 0 Å². The summed E-state index contributed by atoms with van der Waals surface area (Å²) in [7, 11) is 0. The van der Waals surface area contributed by atoms with E-state index in [-0.39, 0.29) is 17.9 Å². The Morgan fingerprint density at radius 1 is 1.19 bits per heavy atom. The number of urea groups is 1. The van der Waals surface area contributed by atoms with Gasteiger partial charge in [0.2, 0.25) is 0 Å². The van der Waals surface area contributed by atoms with Crippen LogP contribution >= 0.6 is 35.6 Å². The summed E-state index contributed by atoms with van der Waals surface area (Å²) < 4.78 is 0. The maximum absolute atomic E-state index is 11.8. The number of aliphatic imine (C=N–C) groups is 1. The molecule has 1 heterocycles. The Hall–Kier alpha value is -1.21. The van der Waals surface area contributed by atoms with Gasteiger partial charge in [-0.3, -0.25) is 10.3 Å². The van der Waals surface area contributed by atoms with Crippen LogP contribution in [0.15, 0.2) is 23.2 Å². The monoisotopic (exact) mass is 354 g/mol. The number of nitrogens with one attached hydrogen (secondary N) is 3. The topological polar surface area (TPSA) is 97.0 Å². The van der Waals surface area contributed by atoms with Crippen LogP contribution in [0.1, 0.15) is 12.8 Å². The molecule has 21 heavy (non-hydrogen) atoms. The molecule has 6 nitrogen and oxygen atoms in total. The van der Waals surface area contributed by atoms with E-state index < -0.39 is 6.03 Å². The van der Waals surface area contributed by atoms with Crippen molar-refractivity contribution in [3.05, 3.63) is 28.2 Å². The molecule has 0 radical (unpaired) electrons. The van der Waals surface area contributed by atoms with Crippen molar-refractivity contribution < 1.29 is 10.3 Å². The Labute approximate surface area is 139 Å². The molecule has 1 aliphatic heterocycles. The van der Waals surface area contributed by atoms with Gasteiger partial charge in [-0.05, 0) is 25.0 Å². The number of nitrogens with zero attached hydrogens (tertiary/aromatic N) is 1. The number of hydrogen-bond donors (Lipinski definition) is 3. The molecule has 0 saturated heterocycles. The quantitative estimate of drug-likeness (QED) is 0.721. The third-order valence-electron chi connectivity index (χ3n) is 2.58. The van der Waals surface area contributed by atoms with Crippen LogP contribution in [0, 0.1) is 0 Å². The Morgan fingerprint density at radius 2 is 1.86 bits per heavy atom. The normalized spacial score (nSPS) is 13.5. The fourth-order valence-electron chi connectivity index (χ4n) is 1.64. The van der Waals surface area contributed by atoms with Gasteiger partial charge in [0.25, 0.3) is 0 Å². The van der Waals surface area contributed by atoms with E-state index in [4.69, 9.17) is 23.2 Å². The summed E-state index contributed by atoms with van der Waals surface area (Å²) >= 11 is 11.9. The fourth-order valence-corrected chi connectivity index (χ4v) is 2.14. The zero-order valence-electron chi connectivity index (χ0n) is 11.1. The number of amides is 2. The number of carbonyl (C=O) groups is 1. The lowest BCUT2D eigenvalue weighted by molar-refractivity contribution is 0.256. The van der Waals surface area contributed by atoms with Crippen LogP contribution in [-0.4, -0.2) is 30.6 Å². The van der Waals surface area contributed by atoms with Crippen molar-refractivity contribution in [1.29, 1.82) is 0 Å². The highest BCUT2D eigenvalue weighted by atomic mass is 35.5. The second-order valence-electron chi connectivity index (χ2n) is 4.04. The lowest BCUT2D eigenvalue weighted by Crippen LogP contribution is -2.43. The standard InChI is InChI=1S/C12H14Cl2N4O.ClH.H2O/c13-8-4-3-5-9(14)10(8)17-12(19)18-11-15-6-1-2-7-16-11;;/h3-5H,1-2,6-7H2,(H3,15,16,17,18,19);1H;1H2. The predicted molar refractivity (Wildman–Crippen MR) is 89.0 cm³/mol. The van der Waals surface area contributed by atoms with Gasteiger partial charge < -0.3 is 16.1 Å². The van der Waals surface area contributed by atoms with Gasteiger partial charge >= 0.3 is 6.03 Å². The Kier molecular flexibility index (Phi) is 9.12. The van der Waals surface area contributed by atoms with Crippen molar-refractivity contribution >= 4 is 53.3 Å². The van der Waals surface area contributed by atoms with E-state index in [0.717, 1.165) is 19.4 Å². The van der Waals surface area contributed by atoms with Gasteiger partial charge in [-0.15, -0.1) is 12.4 Å². The van der Waals surface area contributed by atoms with Crippen molar-refractivity contribution in [2.24, 2.45) is 4.99 Å². The van der Waals surface area contributed by atoms with Gasteiger partial charge in [-0.2, -0.15) is 0 Å². The van der Waals surface area contributed by atoms with Crippen molar-refractivity contribution in [2.75, 3.05) is 18.4 Å². The van der Waals surface area contributed by atoms with E-state index in [1.165, 1.54) is 0 Å². The summed E-state index contributed by atoms with van der Waals surface area (Å²) in [5.41, 5.74) is 0.387. The Morgan fingerprint density at radius 3 is 2.52 bits per heavy atom. The summed E-state index contributed by atoms with van der Waals surface area (Å²) in [6.45, 7) is 1.50. The van der Waals surface area contributed by atoms with Gasteiger partial charge in [0.1, 0.15) is 0 Å². The summed E-state index contributed by atoms with van der Waals surface area (Å²) in [5.74, 6) is 0.471. The molecule has 2 rings (SSSR count). The SMILES string of the molecule is Cl.O.O=C(NC1=NCCCCN1)Nc1c(Cl)cccc1Cl. The molecule has 9 heteroatoms. The third kappa shape index (κ3) is 5.97. The van der Waals surface area contributed by atoms with Crippen molar-refractivity contribution in [1.82, 2.24) is 10.6 Å². The Balaban J connectivity index is 0.00000200. The fraction of sp³-hybridized carbons (Fsp3) is 0.333. The largest absolute Gasteiger partial charge is 0.412 e. The number of guanidine groups is 1. The molecular weight excluding hydrogens is 339 g/mol. The van der Waals surface area contributed by atoms with Gasteiger partial charge in [-0.1, -0.05) is 29.3 Å². The van der Waals surface area contributed by atoms with Gasteiger partial charge in [0.05, 0.1) is 15.7 Å². The molecule has 0 bridgehead atoms. The first kappa shape index (κ1) is 19.8. The highest BCUT2D eigenvalue weighted by Crippen LogP contribution is 2.29. The number of rotatable bonds is 1. The average Bonchev–Trinajstić information content (AvgIpc) is 2.63. The number of benzene rings is 1. The molecule has 0 spiro atoms. The van der Waals surface area contributed by atoms with E-state index in [9.17, 15) is 4.79 Å². The van der Waals surface area contributed by atoms with Crippen molar-refractivity contribution in [2.45, 2.75) is 12.8 Å². The lowest BCUT2D eigenvalue weighted by Gasteiger charge is -2.12. The molecule has 0 unspecified atom stereocenters. The summed E-state index contributed by atoms with van der Waals surface area (Å²) in [4.78, 5) is 16.1. The molecule has 2 amide bonds. The number of anilines is 1. The van der Waals surface area contributed by atoms with Crippen LogP contribution in [0.3, 0.4) is 0 Å². The average molecular weight is 356 g/mol. The van der Waals surface area contributed by atoms with E-state index in [2.05, 4.69) is 20.9 Å². The van der Waals surface area contributed by atoms with Crippen LogP contribution in [-0.2, 0) is 0 Å². The molecule has 0 atom stereocenters. The molecule has 5 N–H and O–H groups in total. The number of carbonyl (C=O) groups excluding carboxylic acids is 1. The van der Waals surface area contributed by atoms with Crippen LogP contribution in [0.5, 0.6) is 0 Å². The molecule has 1 aliphatic rings. The minimum Gasteiger partial charge on any atom is -0.412 e. The van der Waals surface area contributed by atoms with E-state index in [0.29, 0.717) is 28.2 Å². The highest BCUT2D eigenvalue weighted by molar-refractivity contribution is 6.39. The zero-order chi connectivity index (χ0) is 13.7. The maximum atomic E-state index is 11.8. The molecule has 1 aromatic rings. The lowest BCUT2D eigenvalue weighted by atomic mass is 10.3. The molecule has 0 fully saturated rings. The van der Waals surface area contributed by atoms with Crippen LogP contribution in [0.4, 0.5) is 10.5 Å². The summed E-state index contributed by atoms with van der Waals surface area (Å²) in [5, 5.41) is 9.06. The molecule has 0 aliphatic carbocycles. The first-order valence-electron chi connectivity index (χ1n) is 5.97. The number of hydrogen-bond acceptors (Lipinski definition) is 3. The van der Waals surface area contributed by atoms with Crippen molar-refractivity contribution in [3.63, 3.8) is 0 Å². The first-order valence-corrected chi connectivity index (χ1v) is 6.73. The third-order valence-corrected chi connectivity index (χ3v) is 3.21. The predicted octanol–water partition coefficient (Wildman–Crippen LogP) is 2.45. The number of para-hydroxylation sites is 1. The minimum absolute atomic E-state index is 0. The molecule has 118 valence electrons. The van der Waals surface area contributed by atoms with E-state index in [1.54, 1.807) is 18.2 Å². The molecule has 1 aromatic carbocycles. The van der Waals surface area contributed by atoms with Gasteiger partial charge in [-0.25, -0.2) is 4.79 Å². The van der Waals surface area contributed by atoms with Gasteiger partial charge in [0.15, 0.2) is 5.96 Å². The molecule has 0 saturated carbocycles. The minimum atomic E-state index is -0.428. The highest BCUT2D eigenvalue weighted by Gasteiger charge is 2.11. The maximum Gasteiger partial charge on any atom is 0.326 e. The first-order chi connectivity index (χ1) is 9.16. The second kappa shape index (κ2) is 9.68. The number of halogens is 3. The summed E-state index contributed by atoms with van der Waals surface area (Å²) in [6.07, 6.45) is 2.04. The van der Waals surface area contributed by atoms with Crippen LogP contribution < -0.4 is 16.0 Å². The van der Waals surface area contributed by atoms with Gasteiger partial charge in [0, 0.05) is 13.1 Å². The van der Waals surface area contributed by atoms with Crippen LogP contribution in [0.2, 0.25) is 10.0 Å². The second-order valence-corrected chi connectivity index (χ2v) is 4.85. The summed E-state index contributed by atoms with van der Waals surface area (Å²) in [6, 6.07) is 4.60. The smallest absolute Gasteiger partial charge is 0.326 e.